The topological polar surface area (TPSA) is 103 Å². The Morgan fingerprint density at radius 3 is 2.62 bits per heavy atom. The number of nitrogens with zero attached hydrogens (tertiary/aromatic N) is 1. The minimum atomic E-state index is -0.886. The average molecular weight is 589 g/mol. The number of benzene rings is 2. The Bertz CT molecular complexity index is 1080. The van der Waals surface area contributed by atoms with E-state index in [4.69, 9.17) is 19.9 Å². The van der Waals surface area contributed by atoms with Gasteiger partial charge in [-0.3, -0.25) is 4.79 Å². The maximum absolute atomic E-state index is 14.4. The summed E-state index contributed by atoms with van der Waals surface area (Å²) in [6, 6.07) is 6.47. The predicted molar refractivity (Wildman–Crippen MR) is 130 cm³/mol. The molecule has 0 spiro atoms. The highest BCUT2D eigenvalue weighted by atomic mass is 127. The summed E-state index contributed by atoms with van der Waals surface area (Å²) >= 11 is 1.96. The molecular formula is C23H26F2IN3O5. The van der Waals surface area contributed by atoms with E-state index in [1.54, 1.807) is 26.8 Å². The summed E-state index contributed by atoms with van der Waals surface area (Å²) in [5, 5.41) is 2.71. The number of ether oxygens (including phenoxy) is 3. The molecule has 2 aromatic rings. The Morgan fingerprint density at radius 2 is 1.97 bits per heavy atom. The number of rotatable bonds is 6. The average Bonchev–Trinajstić information content (AvgIpc) is 2.72. The molecule has 0 radical (unpaired) electrons. The predicted octanol–water partition coefficient (Wildman–Crippen LogP) is 4.43. The molecule has 34 heavy (non-hydrogen) atoms. The lowest BCUT2D eigenvalue weighted by atomic mass is 10.1. The number of amides is 2. The van der Waals surface area contributed by atoms with Crippen LogP contribution in [-0.4, -0.2) is 54.9 Å². The van der Waals surface area contributed by atoms with E-state index in [-0.39, 0.29) is 42.4 Å². The van der Waals surface area contributed by atoms with Crippen molar-refractivity contribution in [2.75, 3.05) is 31.6 Å². The van der Waals surface area contributed by atoms with Crippen LogP contribution in [0.1, 0.15) is 31.1 Å². The molecule has 3 rings (SSSR count). The van der Waals surface area contributed by atoms with Gasteiger partial charge in [0.15, 0.2) is 0 Å². The number of primary amides is 1. The number of halogens is 3. The molecule has 0 bridgehead atoms. The van der Waals surface area contributed by atoms with Crippen LogP contribution in [-0.2, 0) is 9.47 Å². The summed E-state index contributed by atoms with van der Waals surface area (Å²) in [6.45, 7) is 6.04. The van der Waals surface area contributed by atoms with Gasteiger partial charge in [0.05, 0.1) is 24.5 Å². The lowest BCUT2D eigenvalue weighted by molar-refractivity contribution is -0.0557. The molecule has 1 aliphatic heterocycles. The zero-order valence-electron chi connectivity index (χ0n) is 19.0. The third-order valence-electron chi connectivity index (χ3n) is 4.73. The van der Waals surface area contributed by atoms with Gasteiger partial charge in [-0.05, 0) is 67.6 Å². The van der Waals surface area contributed by atoms with Gasteiger partial charge in [-0.2, -0.15) is 0 Å². The van der Waals surface area contributed by atoms with Crippen LogP contribution in [0.5, 0.6) is 5.75 Å². The van der Waals surface area contributed by atoms with Gasteiger partial charge in [0.2, 0.25) is 0 Å². The first-order valence-corrected chi connectivity index (χ1v) is 11.6. The van der Waals surface area contributed by atoms with Crippen molar-refractivity contribution in [3.05, 3.63) is 51.1 Å². The molecule has 0 aliphatic carbocycles. The molecule has 1 saturated heterocycles. The van der Waals surface area contributed by atoms with Gasteiger partial charge in [0, 0.05) is 16.2 Å². The third-order valence-corrected chi connectivity index (χ3v) is 5.40. The van der Waals surface area contributed by atoms with E-state index in [0.717, 1.165) is 12.1 Å². The first-order valence-electron chi connectivity index (χ1n) is 10.5. The standard InChI is InChI=1S/C23H26F2IN3O5/c1-23(2,3)34-22(31)29-6-7-32-15(11-29)12-33-19-9-13(24)8-18(20(19)21(27)30)28-17-5-4-14(26)10-16(17)25/h4-5,8-10,15,28H,6-7,11-12H2,1-3H3,(H2,27,30). The van der Waals surface area contributed by atoms with Gasteiger partial charge >= 0.3 is 6.09 Å². The van der Waals surface area contributed by atoms with E-state index in [9.17, 15) is 18.4 Å². The van der Waals surface area contributed by atoms with Crippen molar-refractivity contribution in [2.45, 2.75) is 32.5 Å². The fraction of sp³-hybridized carbons (Fsp3) is 0.391. The van der Waals surface area contributed by atoms with Crippen molar-refractivity contribution in [2.24, 2.45) is 5.73 Å². The fourth-order valence-corrected chi connectivity index (χ4v) is 3.73. The lowest BCUT2D eigenvalue weighted by Gasteiger charge is -2.34. The second-order valence-electron chi connectivity index (χ2n) is 8.67. The number of hydrogen-bond donors (Lipinski definition) is 2. The maximum atomic E-state index is 14.4. The zero-order chi connectivity index (χ0) is 25.0. The maximum Gasteiger partial charge on any atom is 0.410 e. The van der Waals surface area contributed by atoms with Crippen molar-refractivity contribution in [1.29, 1.82) is 0 Å². The van der Waals surface area contributed by atoms with Gasteiger partial charge < -0.3 is 30.2 Å². The summed E-state index contributed by atoms with van der Waals surface area (Å²) in [5.41, 5.74) is 4.76. The second-order valence-corrected chi connectivity index (χ2v) is 9.92. The summed E-state index contributed by atoms with van der Waals surface area (Å²) in [7, 11) is 0. The highest BCUT2D eigenvalue weighted by Crippen LogP contribution is 2.32. The number of nitrogens with one attached hydrogen (secondary N) is 1. The number of carbonyl (C=O) groups is 2. The van der Waals surface area contributed by atoms with Crippen LogP contribution in [0.15, 0.2) is 30.3 Å². The highest BCUT2D eigenvalue weighted by molar-refractivity contribution is 14.1. The van der Waals surface area contributed by atoms with Crippen LogP contribution in [0.3, 0.4) is 0 Å². The number of morpholine rings is 1. The van der Waals surface area contributed by atoms with Crippen molar-refractivity contribution >= 4 is 46.0 Å². The molecule has 2 aromatic carbocycles. The van der Waals surface area contributed by atoms with Gasteiger partial charge in [0.1, 0.15) is 41.3 Å². The molecule has 1 fully saturated rings. The van der Waals surface area contributed by atoms with E-state index in [1.165, 1.54) is 17.0 Å². The van der Waals surface area contributed by atoms with Crippen LogP contribution >= 0.6 is 22.6 Å². The van der Waals surface area contributed by atoms with Crippen LogP contribution in [0.4, 0.5) is 25.0 Å². The minimum Gasteiger partial charge on any atom is -0.490 e. The smallest absolute Gasteiger partial charge is 0.410 e. The molecule has 1 atom stereocenters. The molecule has 1 heterocycles. The number of nitrogens with two attached hydrogens (primary N) is 1. The summed E-state index contributed by atoms with van der Waals surface area (Å²) in [5.74, 6) is -2.30. The number of anilines is 2. The van der Waals surface area contributed by atoms with Crippen molar-refractivity contribution < 1.29 is 32.6 Å². The molecule has 3 N–H and O–H groups in total. The molecule has 2 amide bonds. The Balaban J connectivity index is 1.76. The normalized spacial score (nSPS) is 16.2. The molecule has 0 aromatic heterocycles. The summed E-state index contributed by atoms with van der Waals surface area (Å²) in [6.07, 6.45) is -1.02. The first kappa shape index (κ1) is 25.9. The second kappa shape index (κ2) is 10.7. The fourth-order valence-electron chi connectivity index (χ4n) is 3.28. The molecule has 184 valence electrons. The Morgan fingerprint density at radius 1 is 1.24 bits per heavy atom. The van der Waals surface area contributed by atoms with Crippen LogP contribution in [0.25, 0.3) is 0 Å². The van der Waals surface area contributed by atoms with Gasteiger partial charge in [-0.1, -0.05) is 0 Å². The van der Waals surface area contributed by atoms with E-state index in [0.29, 0.717) is 10.1 Å². The summed E-state index contributed by atoms with van der Waals surface area (Å²) in [4.78, 5) is 26.0. The minimum absolute atomic E-state index is 0.0393. The zero-order valence-corrected chi connectivity index (χ0v) is 21.1. The molecule has 1 unspecified atom stereocenters. The Hall–Kier alpha value is -2.67. The van der Waals surface area contributed by atoms with E-state index in [2.05, 4.69) is 5.32 Å². The molecular weight excluding hydrogens is 563 g/mol. The SMILES string of the molecule is CC(C)(C)OC(=O)N1CCOC(COc2cc(F)cc(Nc3ccc(I)cc3F)c2C(N)=O)C1. The van der Waals surface area contributed by atoms with Gasteiger partial charge in [-0.15, -0.1) is 0 Å². The van der Waals surface area contributed by atoms with Crippen LogP contribution in [0, 0.1) is 15.2 Å². The Labute approximate surface area is 209 Å². The molecule has 8 nitrogen and oxygen atoms in total. The largest absolute Gasteiger partial charge is 0.490 e. The van der Waals surface area contributed by atoms with Crippen molar-refractivity contribution in [3.63, 3.8) is 0 Å². The van der Waals surface area contributed by atoms with Crippen molar-refractivity contribution in [3.8, 4) is 5.75 Å². The summed E-state index contributed by atoms with van der Waals surface area (Å²) < 4.78 is 46.1. The number of carbonyl (C=O) groups excluding carboxylic acids is 2. The third kappa shape index (κ3) is 6.92. The van der Waals surface area contributed by atoms with Crippen LogP contribution < -0.4 is 15.8 Å². The highest BCUT2D eigenvalue weighted by Gasteiger charge is 2.29. The van der Waals surface area contributed by atoms with E-state index < -0.39 is 35.3 Å². The monoisotopic (exact) mass is 589 g/mol. The Kier molecular flexibility index (Phi) is 8.18. The first-order chi connectivity index (χ1) is 15.9. The van der Waals surface area contributed by atoms with E-state index in [1.807, 2.05) is 22.6 Å². The van der Waals surface area contributed by atoms with Crippen molar-refractivity contribution in [1.82, 2.24) is 4.90 Å². The van der Waals surface area contributed by atoms with Gasteiger partial charge in [-0.25, -0.2) is 13.6 Å². The lowest BCUT2D eigenvalue weighted by Crippen LogP contribution is -2.49. The van der Waals surface area contributed by atoms with Crippen LogP contribution in [0.2, 0.25) is 0 Å². The molecule has 1 aliphatic rings. The number of hydrogen-bond acceptors (Lipinski definition) is 6. The van der Waals surface area contributed by atoms with Gasteiger partial charge in [0.25, 0.3) is 5.91 Å². The molecule has 0 saturated carbocycles. The quantitative estimate of drug-likeness (QED) is 0.484. The van der Waals surface area contributed by atoms with E-state index >= 15 is 0 Å². The molecule has 11 heteroatoms.